The summed E-state index contributed by atoms with van der Waals surface area (Å²) >= 11 is 6.22. The molecule has 11 heteroatoms. The molecule has 1 amide bonds. The number of Topliss-reactive ketones (excluding diaryl/α,β-unsaturated/α-hetero) is 1. The maximum atomic E-state index is 13.4. The molecule has 1 fully saturated rings. The van der Waals surface area contributed by atoms with Gasteiger partial charge in [-0.3, -0.25) is 9.78 Å². The molecule has 0 radical (unpaired) electrons. The van der Waals surface area contributed by atoms with Crippen LogP contribution >= 0.6 is 11.6 Å². The number of hydrogen-bond acceptors (Lipinski definition) is 7. The molecule has 1 unspecified atom stereocenters. The molecule has 1 aromatic carbocycles. The predicted octanol–water partition coefficient (Wildman–Crippen LogP) is 2.28. The Morgan fingerprint density at radius 1 is 1.32 bits per heavy atom. The molecule has 0 aliphatic carbocycles. The van der Waals surface area contributed by atoms with E-state index in [0.29, 0.717) is 10.8 Å². The van der Waals surface area contributed by atoms with Crippen molar-refractivity contribution >= 4 is 44.3 Å². The van der Waals surface area contributed by atoms with E-state index < -0.39 is 33.8 Å². The number of amides is 1. The van der Waals surface area contributed by atoms with E-state index in [1.807, 2.05) is 0 Å². The number of nitrogens with two attached hydrogens (primary N) is 1. The fourth-order valence-corrected chi connectivity index (χ4v) is 5.65. The number of nitrogens with zero attached hydrogens (tertiary/aromatic N) is 2. The largest absolute Gasteiger partial charge is 0.444 e. The Morgan fingerprint density at radius 2 is 2.03 bits per heavy atom. The third-order valence-electron chi connectivity index (χ3n) is 4.91. The second-order valence-electron chi connectivity index (χ2n) is 8.30. The fraction of sp³-hybridized carbons (Fsp3) is 0.450. The summed E-state index contributed by atoms with van der Waals surface area (Å²) in [5.41, 5.74) is 5.48. The Hall–Kier alpha value is -2.27. The fourth-order valence-electron chi connectivity index (χ4n) is 3.52. The van der Waals surface area contributed by atoms with E-state index in [1.165, 1.54) is 18.5 Å². The average molecular weight is 469 g/mol. The molecule has 2 heterocycles. The molecular formula is C20H25ClN4O5S. The molecule has 9 nitrogen and oxygen atoms in total. The van der Waals surface area contributed by atoms with Crippen LogP contribution in [0.4, 0.5) is 4.79 Å². The lowest BCUT2D eigenvalue weighted by atomic mass is 10.0. The first kappa shape index (κ1) is 23.4. The van der Waals surface area contributed by atoms with Gasteiger partial charge in [0.2, 0.25) is 10.0 Å². The van der Waals surface area contributed by atoms with Gasteiger partial charge in [0, 0.05) is 29.7 Å². The minimum Gasteiger partial charge on any atom is -0.444 e. The van der Waals surface area contributed by atoms with Crippen LogP contribution in [0.25, 0.3) is 10.8 Å². The number of nitrogens with one attached hydrogen (secondary N) is 1. The summed E-state index contributed by atoms with van der Waals surface area (Å²) in [4.78, 5) is 28.4. The van der Waals surface area contributed by atoms with Crippen molar-refractivity contribution in [1.82, 2.24) is 14.6 Å². The van der Waals surface area contributed by atoms with Crippen molar-refractivity contribution < 1.29 is 22.7 Å². The first-order valence-corrected chi connectivity index (χ1v) is 11.5. The lowest BCUT2D eigenvalue weighted by molar-refractivity contribution is -0.122. The van der Waals surface area contributed by atoms with Gasteiger partial charge in [-0.25, -0.2) is 13.2 Å². The molecule has 0 saturated carbocycles. The topological polar surface area (TPSA) is 132 Å². The van der Waals surface area contributed by atoms with Crippen molar-refractivity contribution in [3.63, 3.8) is 0 Å². The number of benzene rings is 1. The monoisotopic (exact) mass is 468 g/mol. The minimum absolute atomic E-state index is 0.00725. The van der Waals surface area contributed by atoms with E-state index in [2.05, 4.69) is 10.3 Å². The molecule has 2 aromatic rings. The smallest absolute Gasteiger partial charge is 0.408 e. The van der Waals surface area contributed by atoms with Gasteiger partial charge in [-0.1, -0.05) is 23.7 Å². The number of alkyl carbamates (subject to hydrolysis) is 1. The number of fused-ring (bicyclic) bond motifs is 1. The van der Waals surface area contributed by atoms with Gasteiger partial charge in [0.1, 0.15) is 5.60 Å². The zero-order valence-corrected chi connectivity index (χ0v) is 19.0. The van der Waals surface area contributed by atoms with Crippen LogP contribution in [0.2, 0.25) is 5.02 Å². The number of halogens is 1. The summed E-state index contributed by atoms with van der Waals surface area (Å²) in [6, 6.07) is 4.77. The highest BCUT2D eigenvalue weighted by Gasteiger charge is 2.43. The number of rotatable bonds is 5. The van der Waals surface area contributed by atoms with Gasteiger partial charge in [0.05, 0.1) is 28.5 Å². The number of pyridine rings is 1. The molecule has 0 bridgehead atoms. The molecule has 1 saturated heterocycles. The van der Waals surface area contributed by atoms with Crippen LogP contribution in [-0.4, -0.2) is 54.4 Å². The number of aromatic nitrogens is 1. The Kier molecular flexibility index (Phi) is 6.56. The normalized spacial score (nSPS) is 20.0. The molecule has 1 aliphatic rings. The van der Waals surface area contributed by atoms with Crippen LogP contribution in [0.3, 0.4) is 0 Å². The van der Waals surface area contributed by atoms with Gasteiger partial charge in [-0.05, 0) is 33.3 Å². The number of ether oxygens (including phenoxy) is 1. The van der Waals surface area contributed by atoms with E-state index in [-0.39, 0.29) is 35.2 Å². The molecule has 3 N–H and O–H groups in total. The van der Waals surface area contributed by atoms with Crippen LogP contribution < -0.4 is 11.1 Å². The first-order valence-electron chi connectivity index (χ1n) is 9.71. The second kappa shape index (κ2) is 8.70. The van der Waals surface area contributed by atoms with Gasteiger partial charge >= 0.3 is 6.09 Å². The van der Waals surface area contributed by atoms with Gasteiger partial charge in [0.15, 0.2) is 5.78 Å². The maximum absolute atomic E-state index is 13.4. The van der Waals surface area contributed by atoms with Crippen LogP contribution in [0.5, 0.6) is 0 Å². The van der Waals surface area contributed by atoms with E-state index in [4.69, 9.17) is 22.1 Å². The van der Waals surface area contributed by atoms with E-state index in [0.717, 1.165) is 4.31 Å². The SMILES string of the molecule is CC(C)(C)OC(=O)NCC(=O)C1CCN(S(=O)(=O)c2cccc3cncc(Cl)c23)[C@@H]1N. The van der Waals surface area contributed by atoms with Gasteiger partial charge in [-0.15, -0.1) is 0 Å². The molecule has 0 spiro atoms. The summed E-state index contributed by atoms with van der Waals surface area (Å²) in [6.45, 7) is 4.90. The van der Waals surface area contributed by atoms with Crippen LogP contribution in [0.15, 0.2) is 35.5 Å². The summed E-state index contributed by atoms with van der Waals surface area (Å²) in [5, 5.41) is 3.54. The zero-order valence-electron chi connectivity index (χ0n) is 17.5. The molecule has 1 aliphatic heterocycles. The predicted molar refractivity (Wildman–Crippen MR) is 116 cm³/mol. The highest BCUT2D eigenvalue weighted by molar-refractivity contribution is 7.89. The minimum atomic E-state index is -4.03. The summed E-state index contributed by atoms with van der Waals surface area (Å²) < 4.78 is 32.9. The van der Waals surface area contributed by atoms with Gasteiger partial charge in [-0.2, -0.15) is 4.31 Å². The number of carbonyl (C=O) groups excluding carboxylic acids is 2. The summed E-state index contributed by atoms with van der Waals surface area (Å²) in [5.74, 6) is -1.12. The van der Waals surface area contributed by atoms with Crippen molar-refractivity contribution in [1.29, 1.82) is 0 Å². The molecule has 1 aromatic heterocycles. The maximum Gasteiger partial charge on any atom is 0.408 e. The Morgan fingerprint density at radius 3 is 2.71 bits per heavy atom. The third-order valence-corrected chi connectivity index (χ3v) is 7.14. The lowest BCUT2D eigenvalue weighted by Gasteiger charge is -2.24. The van der Waals surface area contributed by atoms with Crippen molar-refractivity contribution in [2.45, 2.75) is 43.9 Å². The average Bonchev–Trinajstić information content (AvgIpc) is 3.07. The quantitative estimate of drug-likeness (QED) is 0.687. The van der Waals surface area contributed by atoms with E-state index in [9.17, 15) is 18.0 Å². The molecule has 2 atom stereocenters. The van der Waals surface area contributed by atoms with Crippen molar-refractivity contribution in [2.75, 3.05) is 13.1 Å². The van der Waals surface area contributed by atoms with Crippen LogP contribution in [-0.2, 0) is 19.6 Å². The van der Waals surface area contributed by atoms with Gasteiger partial charge in [0.25, 0.3) is 0 Å². The molecule has 3 rings (SSSR count). The van der Waals surface area contributed by atoms with Crippen LogP contribution in [0.1, 0.15) is 27.2 Å². The molecule has 168 valence electrons. The third kappa shape index (κ3) is 4.98. The summed E-state index contributed by atoms with van der Waals surface area (Å²) in [6.07, 6.45) is 1.36. The van der Waals surface area contributed by atoms with E-state index >= 15 is 0 Å². The summed E-state index contributed by atoms with van der Waals surface area (Å²) in [7, 11) is -4.03. The highest BCUT2D eigenvalue weighted by atomic mass is 35.5. The first-order chi connectivity index (χ1) is 14.4. The number of ketones is 1. The Labute approximate surface area is 185 Å². The second-order valence-corrected chi connectivity index (χ2v) is 10.6. The molecule has 31 heavy (non-hydrogen) atoms. The van der Waals surface area contributed by atoms with E-state index in [1.54, 1.807) is 32.9 Å². The lowest BCUT2D eigenvalue weighted by Crippen LogP contribution is -2.47. The number of hydrogen-bond donors (Lipinski definition) is 2. The number of sulfonamides is 1. The number of carbonyl (C=O) groups is 2. The zero-order chi connectivity index (χ0) is 23.0. The molecular weight excluding hydrogens is 444 g/mol. The van der Waals surface area contributed by atoms with Crippen LogP contribution in [0, 0.1) is 5.92 Å². The van der Waals surface area contributed by atoms with Crippen molar-refractivity contribution in [3.8, 4) is 0 Å². The van der Waals surface area contributed by atoms with Crippen molar-refractivity contribution in [2.24, 2.45) is 11.7 Å². The Balaban J connectivity index is 1.77. The van der Waals surface area contributed by atoms with Gasteiger partial charge < -0.3 is 15.8 Å². The highest BCUT2D eigenvalue weighted by Crippen LogP contribution is 2.34. The Bertz CT molecular complexity index is 1110. The standard InChI is InChI=1S/C20H25ClN4O5S/c1-20(2,3)30-19(27)24-11-15(26)13-7-8-25(18(13)22)31(28,29)16-6-4-5-12-9-23-10-14(21)17(12)16/h4-6,9-10,13,18H,7-8,11,22H2,1-3H3,(H,24,27)/t13?,18-/m0/s1. The van der Waals surface area contributed by atoms with Crippen molar-refractivity contribution in [3.05, 3.63) is 35.6 Å².